The highest BCUT2D eigenvalue weighted by Gasteiger charge is 2.28. The van der Waals surface area contributed by atoms with Gasteiger partial charge in [0.25, 0.3) is 0 Å². The van der Waals surface area contributed by atoms with Crippen LogP contribution in [0.5, 0.6) is 0 Å². The molecular formula is C19H15Cl2N3O2S. The van der Waals surface area contributed by atoms with Gasteiger partial charge in [0, 0.05) is 47.0 Å². The molecule has 0 aliphatic carbocycles. The van der Waals surface area contributed by atoms with Gasteiger partial charge >= 0.3 is 0 Å². The first kappa shape index (κ1) is 18.4. The van der Waals surface area contributed by atoms with E-state index in [9.17, 15) is 8.42 Å². The molecule has 27 heavy (non-hydrogen) atoms. The van der Waals surface area contributed by atoms with E-state index in [2.05, 4.69) is 9.97 Å². The van der Waals surface area contributed by atoms with E-state index in [-0.39, 0.29) is 11.4 Å². The summed E-state index contributed by atoms with van der Waals surface area (Å²) in [6.45, 7) is 0.683. The summed E-state index contributed by atoms with van der Waals surface area (Å²) in [6.07, 6.45) is 3.75. The number of hydrogen-bond donors (Lipinski definition) is 0. The van der Waals surface area contributed by atoms with Crippen molar-refractivity contribution in [3.63, 3.8) is 0 Å². The number of fused-ring (bicyclic) bond motifs is 1. The van der Waals surface area contributed by atoms with Crippen molar-refractivity contribution in [1.29, 1.82) is 0 Å². The minimum Gasteiger partial charge on any atom is -0.244 e. The van der Waals surface area contributed by atoms with Crippen molar-refractivity contribution in [3.05, 3.63) is 76.3 Å². The van der Waals surface area contributed by atoms with Gasteiger partial charge < -0.3 is 0 Å². The summed E-state index contributed by atoms with van der Waals surface area (Å²) in [7, 11) is -3.59. The summed E-state index contributed by atoms with van der Waals surface area (Å²) in [5.74, 6) is 0. The summed E-state index contributed by atoms with van der Waals surface area (Å²) in [4.78, 5) is 8.46. The molecule has 0 saturated heterocycles. The second-order valence-corrected chi connectivity index (χ2v) is 9.08. The third-order valence-corrected chi connectivity index (χ3v) is 6.81. The van der Waals surface area contributed by atoms with Gasteiger partial charge in [-0.25, -0.2) is 18.4 Å². The van der Waals surface area contributed by atoms with Crippen LogP contribution in [0.1, 0.15) is 11.3 Å². The zero-order valence-corrected chi connectivity index (χ0v) is 16.5. The highest BCUT2D eigenvalue weighted by Crippen LogP contribution is 2.29. The molecule has 1 aliphatic heterocycles. The predicted octanol–water partition coefficient (Wildman–Crippen LogP) is 4.20. The topological polar surface area (TPSA) is 63.2 Å². The molecule has 0 amide bonds. The minimum absolute atomic E-state index is 0.250. The molecule has 1 aliphatic rings. The maximum absolute atomic E-state index is 13.0. The van der Waals surface area contributed by atoms with E-state index in [1.54, 1.807) is 48.7 Å². The Kier molecular flexibility index (Phi) is 4.90. The van der Waals surface area contributed by atoms with Crippen LogP contribution in [0.4, 0.5) is 0 Å². The van der Waals surface area contributed by atoms with Gasteiger partial charge in [-0.1, -0.05) is 35.3 Å². The molecule has 0 bridgehead atoms. The number of hydrogen-bond acceptors (Lipinski definition) is 4. The Balaban J connectivity index is 1.61. The SMILES string of the molecule is O=S(=O)(c1ccc(-c2cc(Cl)cc(Cl)c2)cc1)N1CCc2ncncc2C1. The number of benzene rings is 2. The van der Waals surface area contributed by atoms with Crippen LogP contribution in [0.3, 0.4) is 0 Å². The van der Waals surface area contributed by atoms with Crippen molar-refractivity contribution in [1.82, 2.24) is 14.3 Å². The zero-order chi connectivity index (χ0) is 19.0. The lowest BCUT2D eigenvalue weighted by atomic mass is 10.1. The van der Waals surface area contributed by atoms with E-state index in [1.165, 1.54) is 10.6 Å². The van der Waals surface area contributed by atoms with Gasteiger partial charge in [-0.3, -0.25) is 0 Å². The molecule has 0 N–H and O–H groups in total. The van der Waals surface area contributed by atoms with Crippen LogP contribution in [-0.4, -0.2) is 29.2 Å². The molecule has 5 nitrogen and oxygen atoms in total. The van der Waals surface area contributed by atoms with Crippen molar-refractivity contribution in [2.24, 2.45) is 0 Å². The van der Waals surface area contributed by atoms with Crippen molar-refractivity contribution >= 4 is 33.2 Å². The number of halogens is 2. The van der Waals surface area contributed by atoms with E-state index < -0.39 is 10.0 Å². The Morgan fingerprint density at radius 2 is 1.67 bits per heavy atom. The maximum atomic E-state index is 13.0. The van der Waals surface area contributed by atoms with Crippen LogP contribution < -0.4 is 0 Å². The number of nitrogens with zero attached hydrogens (tertiary/aromatic N) is 3. The Labute approximate surface area is 167 Å². The van der Waals surface area contributed by atoms with Crippen molar-refractivity contribution < 1.29 is 8.42 Å². The molecule has 4 rings (SSSR count). The monoisotopic (exact) mass is 419 g/mol. The fraction of sp³-hybridized carbons (Fsp3) is 0.158. The molecule has 8 heteroatoms. The van der Waals surface area contributed by atoms with E-state index in [0.29, 0.717) is 23.0 Å². The summed E-state index contributed by atoms with van der Waals surface area (Å²) in [5.41, 5.74) is 3.43. The molecule has 0 fully saturated rings. The quantitative estimate of drug-likeness (QED) is 0.637. The Bertz CT molecular complexity index is 1080. The Morgan fingerprint density at radius 3 is 2.37 bits per heavy atom. The smallest absolute Gasteiger partial charge is 0.243 e. The molecule has 0 unspecified atom stereocenters. The molecule has 0 atom stereocenters. The molecule has 0 spiro atoms. The number of rotatable bonds is 3. The van der Waals surface area contributed by atoms with Crippen LogP contribution in [0.15, 0.2) is 59.9 Å². The van der Waals surface area contributed by atoms with Gasteiger partial charge in [-0.2, -0.15) is 4.31 Å². The number of aromatic nitrogens is 2. The van der Waals surface area contributed by atoms with Gasteiger partial charge in [0.15, 0.2) is 0 Å². The van der Waals surface area contributed by atoms with Gasteiger partial charge in [-0.05, 0) is 41.5 Å². The lowest BCUT2D eigenvalue weighted by Gasteiger charge is -2.27. The molecular weight excluding hydrogens is 405 g/mol. The lowest BCUT2D eigenvalue weighted by Crippen LogP contribution is -2.36. The van der Waals surface area contributed by atoms with Crippen molar-refractivity contribution in [3.8, 4) is 11.1 Å². The first-order valence-corrected chi connectivity index (χ1v) is 10.5. The first-order chi connectivity index (χ1) is 12.9. The largest absolute Gasteiger partial charge is 0.244 e. The molecule has 0 radical (unpaired) electrons. The summed E-state index contributed by atoms with van der Waals surface area (Å²) in [6, 6.07) is 12.0. The van der Waals surface area contributed by atoms with E-state index in [4.69, 9.17) is 23.2 Å². The lowest BCUT2D eigenvalue weighted by molar-refractivity contribution is 0.387. The van der Waals surface area contributed by atoms with E-state index >= 15 is 0 Å². The molecule has 2 heterocycles. The number of sulfonamides is 1. The van der Waals surface area contributed by atoms with Crippen LogP contribution in [0.25, 0.3) is 11.1 Å². The highest BCUT2D eigenvalue weighted by molar-refractivity contribution is 7.89. The minimum atomic E-state index is -3.59. The van der Waals surface area contributed by atoms with Gasteiger partial charge in [0.2, 0.25) is 10.0 Å². The van der Waals surface area contributed by atoms with Crippen molar-refractivity contribution in [2.75, 3.05) is 6.54 Å². The molecule has 0 saturated carbocycles. The van der Waals surface area contributed by atoms with Gasteiger partial charge in [0.05, 0.1) is 4.90 Å². The zero-order valence-electron chi connectivity index (χ0n) is 14.1. The van der Waals surface area contributed by atoms with E-state index in [1.807, 2.05) is 0 Å². The van der Waals surface area contributed by atoms with Gasteiger partial charge in [0.1, 0.15) is 6.33 Å². The van der Waals surface area contributed by atoms with Gasteiger partial charge in [-0.15, -0.1) is 0 Å². The Morgan fingerprint density at radius 1 is 0.963 bits per heavy atom. The van der Waals surface area contributed by atoms with Crippen LogP contribution in [0.2, 0.25) is 10.0 Å². The molecule has 138 valence electrons. The molecule has 1 aromatic heterocycles. The normalized spacial score (nSPS) is 14.7. The van der Waals surface area contributed by atoms with Crippen LogP contribution in [-0.2, 0) is 23.0 Å². The average Bonchev–Trinajstić information content (AvgIpc) is 2.67. The predicted molar refractivity (Wildman–Crippen MR) is 105 cm³/mol. The standard InChI is InChI=1S/C19H15Cl2N3O2S/c20-16-7-14(8-17(21)9-16)13-1-3-18(4-2-13)27(25,26)24-6-5-19-15(11-24)10-22-12-23-19/h1-4,7-10,12H,5-6,11H2. The summed E-state index contributed by atoms with van der Waals surface area (Å²) < 4.78 is 27.5. The maximum Gasteiger partial charge on any atom is 0.243 e. The third-order valence-electron chi connectivity index (χ3n) is 4.51. The van der Waals surface area contributed by atoms with E-state index in [0.717, 1.165) is 22.4 Å². The second kappa shape index (κ2) is 7.20. The first-order valence-electron chi connectivity index (χ1n) is 8.28. The molecule has 2 aromatic carbocycles. The third kappa shape index (κ3) is 3.71. The fourth-order valence-corrected chi connectivity index (χ4v) is 5.08. The average molecular weight is 420 g/mol. The van der Waals surface area contributed by atoms with Crippen LogP contribution >= 0.6 is 23.2 Å². The summed E-state index contributed by atoms with van der Waals surface area (Å²) in [5, 5.41) is 1.06. The summed E-state index contributed by atoms with van der Waals surface area (Å²) >= 11 is 12.1. The van der Waals surface area contributed by atoms with Crippen LogP contribution in [0, 0.1) is 0 Å². The molecule has 3 aromatic rings. The Hall–Kier alpha value is -1.99. The highest BCUT2D eigenvalue weighted by atomic mass is 35.5. The fourth-order valence-electron chi connectivity index (χ4n) is 3.13. The second-order valence-electron chi connectivity index (χ2n) is 6.27. The van der Waals surface area contributed by atoms with Crippen molar-refractivity contribution in [2.45, 2.75) is 17.9 Å².